The van der Waals surface area contributed by atoms with E-state index in [4.69, 9.17) is 0 Å². The second-order valence-electron chi connectivity index (χ2n) is 5.47. The highest BCUT2D eigenvalue weighted by Crippen LogP contribution is 2.30. The van der Waals surface area contributed by atoms with Crippen LogP contribution in [0.2, 0.25) is 0 Å². The predicted molar refractivity (Wildman–Crippen MR) is 91.4 cm³/mol. The molecule has 0 unspecified atom stereocenters. The molecular weight excluding hydrogens is 383 g/mol. The molecule has 0 aliphatic carbocycles. The number of sulfonamides is 1. The summed E-state index contributed by atoms with van der Waals surface area (Å²) in [5.41, 5.74) is -0.369. The molecule has 6 nitrogen and oxygen atoms in total. The number of nitrogens with zero attached hydrogens (tertiary/aromatic N) is 2. The van der Waals surface area contributed by atoms with Crippen LogP contribution in [-0.2, 0) is 16.2 Å². The van der Waals surface area contributed by atoms with Gasteiger partial charge in [0.05, 0.1) is 28.5 Å². The van der Waals surface area contributed by atoms with E-state index in [2.05, 4.69) is 14.7 Å². The fraction of sp³-hybridized carbons (Fsp3) is 0.0588. The highest BCUT2D eigenvalue weighted by molar-refractivity contribution is 7.92. The molecule has 27 heavy (non-hydrogen) atoms. The monoisotopic (exact) mass is 395 g/mol. The van der Waals surface area contributed by atoms with Crippen LogP contribution in [-0.4, -0.2) is 23.5 Å². The van der Waals surface area contributed by atoms with E-state index >= 15 is 0 Å². The van der Waals surface area contributed by atoms with Crippen molar-refractivity contribution in [1.29, 1.82) is 0 Å². The minimum Gasteiger partial charge on any atom is -0.508 e. The molecule has 0 amide bonds. The first-order chi connectivity index (χ1) is 12.6. The van der Waals surface area contributed by atoms with Crippen LogP contribution in [0.4, 0.5) is 18.9 Å². The van der Waals surface area contributed by atoms with Gasteiger partial charge in [-0.05, 0) is 36.4 Å². The molecule has 0 fully saturated rings. The quantitative estimate of drug-likeness (QED) is 0.703. The van der Waals surface area contributed by atoms with E-state index < -0.39 is 21.8 Å². The molecule has 0 spiro atoms. The van der Waals surface area contributed by atoms with Crippen LogP contribution >= 0.6 is 0 Å². The minimum absolute atomic E-state index is 0.0307. The number of rotatable bonds is 4. The van der Waals surface area contributed by atoms with Crippen molar-refractivity contribution in [3.05, 3.63) is 66.5 Å². The van der Waals surface area contributed by atoms with Crippen LogP contribution in [0.5, 0.6) is 5.75 Å². The van der Waals surface area contributed by atoms with Crippen molar-refractivity contribution in [2.45, 2.75) is 11.1 Å². The highest BCUT2D eigenvalue weighted by atomic mass is 32.2. The Labute approximate surface area is 152 Å². The largest absolute Gasteiger partial charge is 0.508 e. The molecule has 3 aromatic rings. The molecule has 0 bridgehead atoms. The fourth-order valence-electron chi connectivity index (χ4n) is 2.21. The van der Waals surface area contributed by atoms with Crippen molar-refractivity contribution >= 4 is 15.7 Å². The van der Waals surface area contributed by atoms with Crippen LogP contribution < -0.4 is 4.72 Å². The number of nitrogens with one attached hydrogen (secondary N) is 1. The molecule has 0 radical (unpaired) electrons. The van der Waals surface area contributed by atoms with Gasteiger partial charge in [-0.2, -0.15) is 13.2 Å². The lowest BCUT2D eigenvalue weighted by atomic mass is 10.2. The van der Waals surface area contributed by atoms with Crippen molar-refractivity contribution in [3.63, 3.8) is 0 Å². The number of anilines is 1. The topological polar surface area (TPSA) is 92.2 Å². The zero-order chi connectivity index (χ0) is 19.7. The van der Waals surface area contributed by atoms with E-state index in [0.29, 0.717) is 17.7 Å². The van der Waals surface area contributed by atoms with Gasteiger partial charge in [0.15, 0.2) is 5.82 Å². The summed E-state index contributed by atoms with van der Waals surface area (Å²) in [6.07, 6.45) is -2.12. The Kier molecular flexibility index (Phi) is 4.75. The Bertz CT molecular complexity index is 1050. The Morgan fingerprint density at radius 3 is 2.15 bits per heavy atom. The summed E-state index contributed by atoms with van der Waals surface area (Å²) in [5, 5.41) is 9.46. The zero-order valence-corrected chi connectivity index (χ0v) is 14.3. The summed E-state index contributed by atoms with van der Waals surface area (Å²) < 4.78 is 64.5. The Hall–Kier alpha value is -3.14. The second-order valence-corrected chi connectivity index (χ2v) is 7.16. The maximum absolute atomic E-state index is 12.6. The maximum atomic E-state index is 12.6. The van der Waals surface area contributed by atoms with Gasteiger partial charge in [0.25, 0.3) is 10.0 Å². The van der Waals surface area contributed by atoms with Crippen molar-refractivity contribution in [1.82, 2.24) is 9.97 Å². The number of hydrogen-bond donors (Lipinski definition) is 2. The van der Waals surface area contributed by atoms with Gasteiger partial charge in [0.2, 0.25) is 0 Å². The molecule has 0 saturated heterocycles. The third-order valence-electron chi connectivity index (χ3n) is 3.50. The summed E-state index contributed by atoms with van der Waals surface area (Å²) in [5.74, 6) is 0.298. The minimum atomic E-state index is -4.55. The number of aromatic nitrogens is 2. The van der Waals surface area contributed by atoms with Crippen LogP contribution in [0.15, 0.2) is 65.8 Å². The Balaban J connectivity index is 1.80. The van der Waals surface area contributed by atoms with E-state index in [9.17, 15) is 26.7 Å². The van der Waals surface area contributed by atoms with Gasteiger partial charge in [-0.3, -0.25) is 4.72 Å². The van der Waals surface area contributed by atoms with Gasteiger partial charge in [-0.1, -0.05) is 12.1 Å². The lowest BCUT2D eigenvalue weighted by Gasteiger charge is -2.10. The SMILES string of the molecule is O=S(=O)(Nc1cnc(-c2cccc(O)c2)nc1)c1ccc(C(F)(F)F)cc1. The predicted octanol–water partition coefficient (Wildman–Crippen LogP) is 3.67. The summed E-state index contributed by atoms with van der Waals surface area (Å²) >= 11 is 0. The molecule has 0 aliphatic rings. The van der Waals surface area contributed by atoms with Gasteiger partial charge in [-0.25, -0.2) is 18.4 Å². The number of benzene rings is 2. The Morgan fingerprint density at radius 1 is 0.963 bits per heavy atom. The zero-order valence-electron chi connectivity index (χ0n) is 13.5. The molecule has 10 heteroatoms. The molecule has 2 aromatic carbocycles. The molecule has 0 aliphatic heterocycles. The van der Waals surface area contributed by atoms with E-state index in [1.54, 1.807) is 12.1 Å². The lowest BCUT2D eigenvalue weighted by molar-refractivity contribution is -0.137. The van der Waals surface area contributed by atoms with Gasteiger partial charge < -0.3 is 5.11 Å². The normalized spacial score (nSPS) is 12.0. The van der Waals surface area contributed by atoms with E-state index in [0.717, 1.165) is 12.1 Å². The average Bonchev–Trinajstić information content (AvgIpc) is 2.61. The van der Waals surface area contributed by atoms with Crippen LogP contribution in [0.1, 0.15) is 5.56 Å². The summed E-state index contributed by atoms with van der Waals surface area (Å²) in [7, 11) is -4.10. The first-order valence-electron chi connectivity index (χ1n) is 7.47. The molecule has 0 atom stereocenters. The fourth-order valence-corrected chi connectivity index (χ4v) is 3.24. The number of phenolic OH excluding ortho intramolecular Hbond substituents is 1. The van der Waals surface area contributed by atoms with Gasteiger partial charge >= 0.3 is 6.18 Å². The average molecular weight is 395 g/mol. The number of aromatic hydroxyl groups is 1. The van der Waals surface area contributed by atoms with Crippen molar-refractivity contribution in [3.8, 4) is 17.1 Å². The van der Waals surface area contributed by atoms with E-state index in [1.807, 2.05) is 0 Å². The highest BCUT2D eigenvalue weighted by Gasteiger charge is 2.30. The Morgan fingerprint density at radius 2 is 1.59 bits per heavy atom. The number of halogens is 3. The van der Waals surface area contributed by atoms with Gasteiger partial charge in [0, 0.05) is 5.56 Å². The molecule has 0 saturated carbocycles. The van der Waals surface area contributed by atoms with Gasteiger partial charge in [0.1, 0.15) is 5.75 Å². The molecule has 3 rings (SSSR count). The smallest absolute Gasteiger partial charge is 0.416 e. The molecule has 140 valence electrons. The second kappa shape index (κ2) is 6.88. The van der Waals surface area contributed by atoms with Crippen LogP contribution in [0.25, 0.3) is 11.4 Å². The van der Waals surface area contributed by atoms with Crippen molar-refractivity contribution in [2.75, 3.05) is 4.72 Å². The molecular formula is C17H12F3N3O3S. The first kappa shape index (κ1) is 18.6. The third kappa shape index (κ3) is 4.34. The first-order valence-corrected chi connectivity index (χ1v) is 8.95. The molecule has 1 aromatic heterocycles. The maximum Gasteiger partial charge on any atom is 0.416 e. The third-order valence-corrected chi connectivity index (χ3v) is 4.90. The molecule has 1 heterocycles. The van der Waals surface area contributed by atoms with E-state index in [-0.39, 0.29) is 22.2 Å². The van der Waals surface area contributed by atoms with Gasteiger partial charge in [-0.15, -0.1) is 0 Å². The van der Waals surface area contributed by atoms with Crippen molar-refractivity contribution < 1.29 is 26.7 Å². The summed E-state index contributed by atoms with van der Waals surface area (Å²) in [6, 6.07) is 9.32. The number of alkyl halides is 3. The lowest BCUT2D eigenvalue weighted by Crippen LogP contribution is -2.14. The summed E-state index contributed by atoms with van der Waals surface area (Å²) in [6.45, 7) is 0. The summed E-state index contributed by atoms with van der Waals surface area (Å²) in [4.78, 5) is 7.71. The molecule has 2 N–H and O–H groups in total. The number of hydrogen-bond acceptors (Lipinski definition) is 5. The number of phenols is 1. The van der Waals surface area contributed by atoms with Crippen LogP contribution in [0, 0.1) is 0 Å². The standard InChI is InChI=1S/C17H12F3N3O3S/c18-17(19,20)12-4-6-15(7-5-12)27(25,26)23-13-9-21-16(22-10-13)11-2-1-3-14(24)8-11/h1-10,23-24H. The van der Waals surface area contributed by atoms with Crippen LogP contribution in [0.3, 0.4) is 0 Å². The van der Waals surface area contributed by atoms with E-state index in [1.165, 1.54) is 24.5 Å². The van der Waals surface area contributed by atoms with Crippen molar-refractivity contribution in [2.24, 2.45) is 0 Å².